The van der Waals surface area contributed by atoms with Gasteiger partial charge in [0.05, 0.1) is 24.0 Å². The summed E-state index contributed by atoms with van der Waals surface area (Å²) in [7, 11) is 1.79. The largest absolute Gasteiger partial charge is 0.382 e. The van der Waals surface area contributed by atoms with E-state index in [4.69, 9.17) is 22.6 Å². The minimum atomic E-state index is -0.528. The number of nitrogens with zero attached hydrogens (tertiary/aromatic N) is 7. The lowest BCUT2D eigenvalue weighted by molar-refractivity contribution is 0.0935. The van der Waals surface area contributed by atoms with Crippen molar-refractivity contribution in [2.24, 2.45) is 12.0 Å². The minimum absolute atomic E-state index is 0.0433. The number of anilines is 1. The van der Waals surface area contributed by atoms with Crippen LogP contribution in [0.4, 0.5) is 5.82 Å². The monoisotopic (exact) mass is 497 g/mol. The summed E-state index contributed by atoms with van der Waals surface area (Å²) >= 11 is 6.54. The highest BCUT2D eigenvalue weighted by molar-refractivity contribution is 6.32. The van der Waals surface area contributed by atoms with Crippen LogP contribution in [-0.4, -0.2) is 36.9 Å². The SMILES string of the molecule is CC(NC(=O)c1nc(-c2cc(Cl)c3c(c2)C=NC3)c(-c2ccn(C)n2)nc1N)c1cccc(C#N)n1. The summed E-state index contributed by atoms with van der Waals surface area (Å²) in [6, 6.07) is 12.0. The molecule has 36 heavy (non-hydrogen) atoms. The summed E-state index contributed by atoms with van der Waals surface area (Å²) in [5, 5.41) is 17.0. The van der Waals surface area contributed by atoms with Crippen LogP contribution < -0.4 is 11.1 Å². The third kappa shape index (κ3) is 4.28. The van der Waals surface area contributed by atoms with E-state index >= 15 is 0 Å². The van der Waals surface area contributed by atoms with Crippen LogP contribution in [0.3, 0.4) is 0 Å². The number of fused-ring (bicyclic) bond motifs is 1. The number of aliphatic imine (C=N–C) groups is 1. The van der Waals surface area contributed by atoms with Gasteiger partial charge in [-0.2, -0.15) is 10.4 Å². The number of hydrogen-bond acceptors (Lipinski definition) is 8. The standard InChI is InChI=1S/C25H20ClN9O/c1-13(19-5-3-4-16(10-27)31-19)30-25(36)23-24(28)33-22(20-6-7-35(2)34-20)21(32-23)14-8-15-11-29-12-17(15)18(26)9-14/h3-9,11,13H,12H2,1-2H3,(H2,28,33)(H,30,36). The van der Waals surface area contributed by atoms with Gasteiger partial charge in [0.15, 0.2) is 11.5 Å². The summed E-state index contributed by atoms with van der Waals surface area (Å²) < 4.78 is 1.64. The molecule has 11 heteroatoms. The lowest BCUT2D eigenvalue weighted by atomic mass is 10.0. The number of carbonyl (C=O) groups is 1. The fourth-order valence-electron chi connectivity index (χ4n) is 3.94. The lowest BCUT2D eigenvalue weighted by Crippen LogP contribution is -2.29. The second kappa shape index (κ2) is 9.20. The average molecular weight is 498 g/mol. The first-order valence-corrected chi connectivity index (χ1v) is 11.4. The molecular weight excluding hydrogens is 478 g/mol. The van der Waals surface area contributed by atoms with Gasteiger partial charge in [-0.25, -0.2) is 15.0 Å². The van der Waals surface area contributed by atoms with Gasteiger partial charge in [-0.1, -0.05) is 17.7 Å². The number of rotatable bonds is 5. The van der Waals surface area contributed by atoms with E-state index in [0.717, 1.165) is 11.1 Å². The van der Waals surface area contributed by atoms with Crippen LogP contribution in [0, 0.1) is 11.3 Å². The Morgan fingerprint density at radius 2 is 2.06 bits per heavy atom. The molecular formula is C25H20ClN9O. The van der Waals surface area contributed by atoms with Crippen molar-refractivity contribution in [2.75, 3.05) is 5.73 Å². The summed E-state index contributed by atoms with van der Waals surface area (Å²) in [6.45, 7) is 2.27. The van der Waals surface area contributed by atoms with E-state index in [-0.39, 0.29) is 17.2 Å². The van der Waals surface area contributed by atoms with Crippen molar-refractivity contribution in [3.8, 4) is 28.7 Å². The van der Waals surface area contributed by atoms with Crippen LogP contribution in [0.5, 0.6) is 0 Å². The van der Waals surface area contributed by atoms with E-state index in [9.17, 15) is 4.79 Å². The molecule has 5 rings (SSSR count). The molecule has 0 fully saturated rings. The lowest BCUT2D eigenvalue weighted by Gasteiger charge is -2.16. The van der Waals surface area contributed by atoms with Crippen molar-refractivity contribution in [3.63, 3.8) is 0 Å². The van der Waals surface area contributed by atoms with Crippen molar-refractivity contribution < 1.29 is 4.79 Å². The van der Waals surface area contributed by atoms with Crippen molar-refractivity contribution in [2.45, 2.75) is 19.5 Å². The fraction of sp³-hybridized carbons (Fsp3) is 0.160. The van der Waals surface area contributed by atoms with Crippen molar-refractivity contribution >= 4 is 29.5 Å². The summed E-state index contributed by atoms with van der Waals surface area (Å²) in [5.74, 6) is -0.573. The van der Waals surface area contributed by atoms with Gasteiger partial charge in [0, 0.05) is 35.6 Å². The highest BCUT2D eigenvalue weighted by Crippen LogP contribution is 2.35. The molecule has 1 amide bonds. The third-order valence-corrected chi connectivity index (χ3v) is 6.09. The van der Waals surface area contributed by atoms with Crippen LogP contribution >= 0.6 is 11.6 Å². The molecule has 3 aromatic heterocycles. The minimum Gasteiger partial charge on any atom is -0.382 e. The molecule has 1 atom stereocenters. The molecule has 10 nitrogen and oxygen atoms in total. The van der Waals surface area contributed by atoms with Gasteiger partial charge in [-0.3, -0.25) is 14.5 Å². The zero-order chi connectivity index (χ0) is 25.4. The Kier molecular flexibility index (Phi) is 5.91. The van der Waals surface area contributed by atoms with E-state index in [2.05, 4.69) is 30.4 Å². The molecule has 0 spiro atoms. The van der Waals surface area contributed by atoms with Gasteiger partial charge >= 0.3 is 0 Å². The van der Waals surface area contributed by atoms with Gasteiger partial charge in [0.1, 0.15) is 23.2 Å². The first-order valence-electron chi connectivity index (χ1n) is 11.0. The number of halogens is 1. The number of aryl methyl sites for hydroxylation is 1. The Bertz CT molecular complexity index is 1590. The molecule has 1 unspecified atom stereocenters. The molecule has 1 aromatic carbocycles. The van der Waals surface area contributed by atoms with Crippen molar-refractivity contribution in [1.29, 1.82) is 5.26 Å². The number of aromatic nitrogens is 5. The number of nitrogens with two attached hydrogens (primary N) is 1. The van der Waals surface area contributed by atoms with E-state index in [1.807, 2.05) is 12.1 Å². The van der Waals surface area contributed by atoms with Gasteiger partial charge in [-0.15, -0.1) is 0 Å². The van der Waals surface area contributed by atoms with Crippen molar-refractivity contribution in [3.05, 3.63) is 75.8 Å². The number of nitrogens with one attached hydrogen (secondary N) is 1. The summed E-state index contributed by atoms with van der Waals surface area (Å²) in [4.78, 5) is 31.0. The zero-order valence-electron chi connectivity index (χ0n) is 19.4. The van der Waals surface area contributed by atoms with Crippen LogP contribution in [0.2, 0.25) is 5.02 Å². The van der Waals surface area contributed by atoms with Gasteiger partial charge in [0.25, 0.3) is 5.91 Å². The van der Waals surface area contributed by atoms with Crippen LogP contribution in [0.15, 0.2) is 47.6 Å². The number of nitriles is 1. The van der Waals surface area contributed by atoms with Gasteiger partial charge < -0.3 is 11.1 Å². The molecule has 4 heterocycles. The first-order chi connectivity index (χ1) is 17.3. The first kappa shape index (κ1) is 23.1. The van der Waals surface area contributed by atoms with Crippen LogP contribution in [0.1, 0.15) is 46.0 Å². The summed E-state index contributed by atoms with van der Waals surface area (Å²) in [5.41, 5.74) is 10.8. The van der Waals surface area contributed by atoms with E-state index in [1.54, 1.807) is 61.4 Å². The Morgan fingerprint density at radius 3 is 2.81 bits per heavy atom. The molecule has 0 radical (unpaired) electrons. The second-order valence-electron chi connectivity index (χ2n) is 8.28. The molecule has 0 saturated carbocycles. The molecule has 3 N–H and O–H groups in total. The molecule has 0 bridgehead atoms. The smallest absolute Gasteiger partial charge is 0.274 e. The van der Waals surface area contributed by atoms with Crippen LogP contribution in [-0.2, 0) is 13.6 Å². The van der Waals surface area contributed by atoms with Gasteiger partial charge in [0.2, 0.25) is 0 Å². The predicted octanol–water partition coefficient (Wildman–Crippen LogP) is 3.47. The predicted molar refractivity (Wildman–Crippen MR) is 135 cm³/mol. The van der Waals surface area contributed by atoms with E-state index < -0.39 is 11.9 Å². The van der Waals surface area contributed by atoms with E-state index in [0.29, 0.717) is 39.9 Å². The number of nitrogen functional groups attached to an aromatic ring is 1. The van der Waals surface area contributed by atoms with Crippen molar-refractivity contribution in [1.82, 2.24) is 30.0 Å². The average Bonchev–Trinajstić information content (AvgIpc) is 3.53. The summed E-state index contributed by atoms with van der Waals surface area (Å²) in [6.07, 6.45) is 3.54. The number of hydrogen-bond donors (Lipinski definition) is 2. The Balaban J connectivity index is 1.58. The molecule has 1 aliphatic rings. The molecule has 0 saturated heterocycles. The number of carbonyl (C=O) groups excluding carboxylic acids is 1. The maximum atomic E-state index is 13.2. The molecule has 4 aromatic rings. The zero-order valence-corrected chi connectivity index (χ0v) is 20.2. The molecule has 178 valence electrons. The number of pyridine rings is 1. The Labute approximate surface area is 211 Å². The topological polar surface area (TPSA) is 148 Å². The maximum absolute atomic E-state index is 13.2. The normalized spacial score (nSPS) is 12.7. The highest BCUT2D eigenvalue weighted by Gasteiger charge is 2.24. The number of benzene rings is 1. The Morgan fingerprint density at radius 1 is 1.22 bits per heavy atom. The quantitative estimate of drug-likeness (QED) is 0.428. The van der Waals surface area contributed by atoms with E-state index in [1.165, 1.54) is 0 Å². The Hall–Kier alpha value is -4.62. The molecule has 1 aliphatic heterocycles. The number of amides is 1. The van der Waals surface area contributed by atoms with Crippen LogP contribution in [0.25, 0.3) is 22.6 Å². The fourth-order valence-corrected chi connectivity index (χ4v) is 4.23. The van der Waals surface area contributed by atoms with Gasteiger partial charge in [-0.05, 0) is 42.8 Å². The maximum Gasteiger partial charge on any atom is 0.274 e. The molecule has 0 aliphatic carbocycles. The third-order valence-electron chi connectivity index (χ3n) is 5.75. The highest BCUT2D eigenvalue weighted by atomic mass is 35.5. The second-order valence-corrected chi connectivity index (χ2v) is 8.69.